The fourth-order valence-electron chi connectivity index (χ4n) is 2.22. The number of hydrogen-bond donors (Lipinski definition) is 2. The van der Waals surface area contributed by atoms with Gasteiger partial charge in [-0.15, -0.1) is 0 Å². The number of rotatable bonds is 1. The summed E-state index contributed by atoms with van der Waals surface area (Å²) >= 11 is 0. The monoisotopic (exact) mass is 259 g/mol. The zero-order valence-electron chi connectivity index (χ0n) is 10.2. The molecule has 0 saturated carbocycles. The molecule has 0 spiro atoms. The molecule has 0 atom stereocenters. The second kappa shape index (κ2) is 4.27. The number of aromatic nitrogens is 3. The molecule has 0 unspecified atom stereocenters. The Morgan fingerprint density at radius 2 is 2.26 bits per heavy atom. The Bertz CT molecular complexity index is 676. The normalized spacial score (nSPS) is 15.6. The van der Waals surface area contributed by atoms with Gasteiger partial charge in [-0.1, -0.05) is 6.08 Å². The number of nitrogens with two attached hydrogens (primary N) is 1. The summed E-state index contributed by atoms with van der Waals surface area (Å²) in [5.74, 6) is 0.389. The SMILES string of the molecule is Nc1ncnc2cc(C3=CCN(C(=O)O)CC3)cn12. The Kier molecular flexibility index (Phi) is 2.59. The van der Waals surface area contributed by atoms with Gasteiger partial charge in [0.2, 0.25) is 5.95 Å². The lowest BCUT2D eigenvalue weighted by molar-refractivity contribution is 0.150. The van der Waals surface area contributed by atoms with E-state index in [-0.39, 0.29) is 0 Å². The van der Waals surface area contributed by atoms with E-state index in [1.807, 2.05) is 18.3 Å². The van der Waals surface area contributed by atoms with Crippen molar-refractivity contribution in [1.82, 2.24) is 19.3 Å². The summed E-state index contributed by atoms with van der Waals surface area (Å²) in [5.41, 5.74) is 8.63. The Hall–Kier alpha value is -2.57. The Morgan fingerprint density at radius 1 is 1.42 bits per heavy atom. The van der Waals surface area contributed by atoms with Crippen molar-refractivity contribution in [1.29, 1.82) is 0 Å². The first-order chi connectivity index (χ1) is 9.15. The molecule has 0 fully saturated rings. The third kappa shape index (κ3) is 1.99. The average Bonchev–Trinajstić information content (AvgIpc) is 2.84. The number of amides is 1. The minimum Gasteiger partial charge on any atom is -0.465 e. The first-order valence-corrected chi connectivity index (χ1v) is 5.91. The summed E-state index contributed by atoms with van der Waals surface area (Å²) in [5, 5.41) is 8.90. The van der Waals surface area contributed by atoms with E-state index in [1.165, 1.54) is 11.2 Å². The summed E-state index contributed by atoms with van der Waals surface area (Å²) in [6.07, 6.45) is 5.04. The third-order valence-corrected chi connectivity index (χ3v) is 3.28. The number of carbonyl (C=O) groups is 1. The summed E-state index contributed by atoms with van der Waals surface area (Å²) < 4.78 is 1.72. The second-order valence-electron chi connectivity index (χ2n) is 4.40. The molecule has 1 amide bonds. The van der Waals surface area contributed by atoms with Crippen LogP contribution in [0.1, 0.15) is 12.0 Å². The molecule has 19 heavy (non-hydrogen) atoms. The number of nitrogen functional groups attached to an aromatic ring is 1. The van der Waals surface area contributed by atoms with E-state index >= 15 is 0 Å². The predicted molar refractivity (Wildman–Crippen MR) is 69.6 cm³/mol. The summed E-state index contributed by atoms with van der Waals surface area (Å²) in [6, 6.07) is 1.93. The lowest BCUT2D eigenvalue weighted by Gasteiger charge is -2.23. The molecule has 0 radical (unpaired) electrons. The third-order valence-electron chi connectivity index (χ3n) is 3.28. The Labute approximate surface area is 109 Å². The van der Waals surface area contributed by atoms with Crippen molar-refractivity contribution in [3.8, 4) is 0 Å². The number of hydrogen-bond acceptors (Lipinski definition) is 4. The molecule has 7 nitrogen and oxygen atoms in total. The van der Waals surface area contributed by atoms with Crippen molar-refractivity contribution in [3.63, 3.8) is 0 Å². The van der Waals surface area contributed by atoms with E-state index in [9.17, 15) is 4.79 Å². The van der Waals surface area contributed by atoms with Gasteiger partial charge in [0.25, 0.3) is 0 Å². The topological polar surface area (TPSA) is 96.8 Å². The molecule has 0 aliphatic carbocycles. The zero-order valence-corrected chi connectivity index (χ0v) is 10.2. The lowest BCUT2D eigenvalue weighted by atomic mass is 10.0. The van der Waals surface area contributed by atoms with E-state index in [0.717, 1.165) is 16.8 Å². The van der Waals surface area contributed by atoms with Gasteiger partial charge in [0.15, 0.2) is 0 Å². The molecule has 3 rings (SSSR count). The van der Waals surface area contributed by atoms with Crippen LogP contribution < -0.4 is 5.73 Å². The van der Waals surface area contributed by atoms with Gasteiger partial charge in [-0.25, -0.2) is 14.8 Å². The van der Waals surface area contributed by atoms with Crippen LogP contribution in [0.4, 0.5) is 10.7 Å². The summed E-state index contributed by atoms with van der Waals surface area (Å²) in [6.45, 7) is 0.923. The lowest BCUT2D eigenvalue weighted by Crippen LogP contribution is -2.33. The molecule has 98 valence electrons. The van der Waals surface area contributed by atoms with Crippen LogP contribution in [0.5, 0.6) is 0 Å². The van der Waals surface area contributed by atoms with Crippen molar-refractivity contribution in [2.45, 2.75) is 6.42 Å². The van der Waals surface area contributed by atoms with Gasteiger partial charge in [0.05, 0.1) is 0 Å². The van der Waals surface area contributed by atoms with Crippen LogP contribution in [0.2, 0.25) is 0 Å². The zero-order chi connectivity index (χ0) is 13.4. The maximum atomic E-state index is 10.8. The maximum Gasteiger partial charge on any atom is 0.407 e. The predicted octanol–water partition coefficient (Wildman–Crippen LogP) is 1.08. The smallest absolute Gasteiger partial charge is 0.407 e. The van der Waals surface area contributed by atoms with Gasteiger partial charge < -0.3 is 15.7 Å². The Morgan fingerprint density at radius 3 is 2.89 bits per heavy atom. The largest absolute Gasteiger partial charge is 0.465 e. The van der Waals surface area contributed by atoms with Crippen LogP contribution in [-0.2, 0) is 0 Å². The standard InChI is InChI=1S/C12H13N5O2/c13-11-15-7-14-10-5-9(6-17(10)11)8-1-3-16(4-2-8)12(18)19/h1,5-7H,2-4H2,(H,18,19)(H2,13,14,15). The Balaban J connectivity index is 1.93. The molecule has 0 saturated heterocycles. The summed E-state index contributed by atoms with van der Waals surface area (Å²) in [7, 11) is 0. The first kappa shape index (κ1) is 11.5. The number of fused-ring (bicyclic) bond motifs is 1. The fraction of sp³-hybridized carbons (Fsp3) is 0.250. The van der Waals surface area contributed by atoms with Crippen LogP contribution in [0.15, 0.2) is 24.7 Å². The van der Waals surface area contributed by atoms with Gasteiger partial charge >= 0.3 is 6.09 Å². The van der Waals surface area contributed by atoms with Crippen molar-refractivity contribution < 1.29 is 9.90 Å². The van der Waals surface area contributed by atoms with Crippen molar-refractivity contribution >= 4 is 23.3 Å². The average molecular weight is 259 g/mol. The highest BCUT2D eigenvalue weighted by Gasteiger charge is 2.17. The highest BCUT2D eigenvalue weighted by molar-refractivity contribution is 5.73. The van der Waals surface area contributed by atoms with Crippen molar-refractivity contribution in [2.24, 2.45) is 0 Å². The van der Waals surface area contributed by atoms with Gasteiger partial charge in [-0.3, -0.25) is 4.40 Å². The molecule has 2 aromatic rings. The molecule has 2 aromatic heterocycles. The second-order valence-corrected chi connectivity index (χ2v) is 4.40. The molecule has 1 aliphatic heterocycles. The number of anilines is 1. The molecule has 3 N–H and O–H groups in total. The van der Waals surface area contributed by atoms with Crippen molar-refractivity contribution in [2.75, 3.05) is 18.8 Å². The van der Waals surface area contributed by atoms with Crippen LogP contribution in [-0.4, -0.2) is 43.6 Å². The van der Waals surface area contributed by atoms with Crippen molar-refractivity contribution in [3.05, 3.63) is 30.2 Å². The van der Waals surface area contributed by atoms with Gasteiger partial charge in [0, 0.05) is 19.3 Å². The minimum atomic E-state index is -0.882. The van der Waals surface area contributed by atoms with E-state index < -0.39 is 6.09 Å². The van der Waals surface area contributed by atoms with Crippen LogP contribution in [0.25, 0.3) is 11.2 Å². The van der Waals surface area contributed by atoms with Crippen LogP contribution in [0, 0.1) is 0 Å². The molecule has 1 aliphatic rings. The summed E-state index contributed by atoms with van der Waals surface area (Å²) in [4.78, 5) is 20.3. The van der Waals surface area contributed by atoms with Crippen LogP contribution in [0.3, 0.4) is 0 Å². The molecule has 3 heterocycles. The van der Waals surface area contributed by atoms with E-state index in [2.05, 4.69) is 9.97 Å². The minimum absolute atomic E-state index is 0.389. The first-order valence-electron chi connectivity index (χ1n) is 5.91. The number of nitrogens with zero attached hydrogens (tertiary/aromatic N) is 4. The highest BCUT2D eigenvalue weighted by Crippen LogP contribution is 2.24. The molecule has 7 heteroatoms. The quantitative estimate of drug-likeness (QED) is 0.798. The van der Waals surface area contributed by atoms with E-state index in [4.69, 9.17) is 10.8 Å². The van der Waals surface area contributed by atoms with E-state index in [0.29, 0.717) is 25.5 Å². The fourth-order valence-corrected chi connectivity index (χ4v) is 2.22. The maximum absolute atomic E-state index is 10.8. The van der Waals surface area contributed by atoms with Gasteiger partial charge in [0.1, 0.15) is 12.0 Å². The van der Waals surface area contributed by atoms with Crippen LogP contribution >= 0.6 is 0 Å². The van der Waals surface area contributed by atoms with Gasteiger partial charge in [-0.05, 0) is 23.6 Å². The molecular weight excluding hydrogens is 246 g/mol. The molecular formula is C12H13N5O2. The van der Waals surface area contributed by atoms with Gasteiger partial charge in [-0.2, -0.15) is 0 Å². The molecule has 0 aromatic carbocycles. The number of carboxylic acid groups (broad SMARTS) is 1. The highest BCUT2D eigenvalue weighted by atomic mass is 16.4. The molecule has 0 bridgehead atoms. The van der Waals surface area contributed by atoms with E-state index in [1.54, 1.807) is 4.40 Å².